The summed E-state index contributed by atoms with van der Waals surface area (Å²) in [5, 5.41) is 8.75. The minimum atomic E-state index is -5.03. The van der Waals surface area contributed by atoms with Crippen LogP contribution in [0, 0.1) is 0 Å². The molecule has 1 heterocycles. The number of methoxy groups -OCH3 is 1. The Labute approximate surface area is 99.1 Å². The second-order valence-electron chi connectivity index (χ2n) is 3.04. The molecule has 0 unspecified atom stereocenters. The maximum absolute atomic E-state index is 12.1. The first-order valence-electron chi connectivity index (χ1n) is 4.55. The zero-order chi connectivity index (χ0) is 13.9. The lowest BCUT2D eigenvalue weighted by atomic mass is 10.2. The molecule has 3 N–H and O–H groups in total. The van der Waals surface area contributed by atoms with Crippen molar-refractivity contribution in [3.63, 3.8) is 0 Å². The van der Waals surface area contributed by atoms with Gasteiger partial charge in [0.15, 0.2) is 11.4 Å². The van der Waals surface area contributed by atoms with Gasteiger partial charge in [-0.1, -0.05) is 0 Å². The first kappa shape index (κ1) is 14.0. The first-order valence-corrected chi connectivity index (χ1v) is 4.55. The lowest BCUT2D eigenvalue weighted by molar-refractivity contribution is -0.274. The molecule has 0 saturated heterocycles. The van der Waals surface area contributed by atoms with Crippen molar-refractivity contribution in [3.05, 3.63) is 17.5 Å². The van der Waals surface area contributed by atoms with Crippen LogP contribution in [0.15, 0.2) is 6.07 Å². The van der Waals surface area contributed by atoms with E-state index in [4.69, 9.17) is 15.6 Å². The third-order valence-electron chi connectivity index (χ3n) is 1.87. The molecule has 9 heteroatoms. The Morgan fingerprint density at radius 3 is 2.50 bits per heavy atom. The van der Waals surface area contributed by atoms with Crippen LogP contribution in [-0.2, 0) is 6.54 Å². The molecule has 1 aromatic rings. The van der Waals surface area contributed by atoms with Crippen LogP contribution in [0.1, 0.15) is 16.2 Å². The highest BCUT2D eigenvalue weighted by atomic mass is 19.4. The molecule has 0 fully saturated rings. The average Bonchev–Trinajstić information content (AvgIpc) is 2.25. The average molecular weight is 266 g/mol. The molecule has 0 aliphatic carbocycles. The van der Waals surface area contributed by atoms with Crippen LogP contribution in [0.25, 0.3) is 0 Å². The largest absolute Gasteiger partial charge is 0.573 e. The third kappa shape index (κ3) is 3.23. The summed E-state index contributed by atoms with van der Waals surface area (Å²) in [7, 11) is 1.19. The topological polar surface area (TPSA) is 94.7 Å². The van der Waals surface area contributed by atoms with E-state index in [1.54, 1.807) is 0 Å². The van der Waals surface area contributed by atoms with Crippen molar-refractivity contribution >= 4 is 5.97 Å². The summed E-state index contributed by atoms with van der Waals surface area (Å²) in [5.74, 6) is -2.70. The highest BCUT2D eigenvalue weighted by Crippen LogP contribution is 2.30. The van der Waals surface area contributed by atoms with Gasteiger partial charge in [-0.3, -0.25) is 0 Å². The Balaban J connectivity index is 3.33. The standard InChI is InChI=1S/C9H9F3N2O4/c1-17-5-2-6(18-9(10,11)12)7(8(15)16)14-4(5)3-13/h2H,3,13H2,1H3,(H,15,16). The molecule has 1 aromatic heterocycles. The van der Waals surface area contributed by atoms with Crippen molar-refractivity contribution in [1.29, 1.82) is 0 Å². The van der Waals surface area contributed by atoms with Crippen molar-refractivity contribution in [2.75, 3.05) is 7.11 Å². The number of hydrogen-bond acceptors (Lipinski definition) is 5. The van der Waals surface area contributed by atoms with Crippen molar-refractivity contribution < 1.29 is 32.5 Å². The number of aromatic carboxylic acids is 1. The fourth-order valence-electron chi connectivity index (χ4n) is 1.19. The third-order valence-corrected chi connectivity index (χ3v) is 1.87. The van der Waals surface area contributed by atoms with E-state index in [0.717, 1.165) is 6.07 Å². The molecule has 0 aliphatic heterocycles. The number of nitrogens with two attached hydrogens (primary N) is 1. The minimum absolute atomic E-state index is 0.0180. The predicted octanol–water partition coefficient (Wildman–Crippen LogP) is 1.15. The zero-order valence-electron chi connectivity index (χ0n) is 9.11. The molecule has 0 amide bonds. The van der Waals surface area contributed by atoms with Gasteiger partial charge in [-0.15, -0.1) is 13.2 Å². The fourth-order valence-corrected chi connectivity index (χ4v) is 1.19. The van der Waals surface area contributed by atoms with Gasteiger partial charge < -0.3 is 20.3 Å². The van der Waals surface area contributed by atoms with Crippen LogP contribution in [0.4, 0.5) is 13.2 Å². The lowest BCUT2D eigenvalue weighted by Gasteiger charge is -2.13. The van der Waals surface area contributed by atoms with Gasteiger partial charge in [-0.25, -0.2) is 9.78 Å². The van der Waals surface area contributed by atoms with Crippen LogP contribution < -0.4 is 15.2 Å². The summed E-state index contributed by atoms with van der Waals surface area (Å²) in [5.41, 5.74) is 4.41. The first-order chi connectivity index (χ1) is 8.28. The smallest absolute Gasteiger partial charge is 0.495 e. The van der Waals surface area contributed by atoms with Crippen molar-refractivity contribution in [1.82, 2.24) is 4.98 Å². The molecule has 0 aliphatic rings. The SMILES string of the molecule is COc1cc(OC(F)(F)F)c(C(=O)O)nc1CN. The summed E-state index contributed by atoms with van der Waals surface area (Å²) in [4.78, 5) is 14.3. The van der Waals surface area contributed by atoms with E-state index in [0.29, 0.717) is 0 Å². The molecule has 100 valence electrons. The molecule has 18 heavy (non-hydrogen) atoms. The monoisotopic (exact) mass is 266 g/mol. The summed E-state index contributed by atoms with van der Waals surface area (Å²) >= 11 is 0. The molecule has 0 bridgehead atoms. The van der Waals surface area contributed by atoms with Crippen molar-refractivity contribution in [2.45, 2.75) is 12.9 Å². The van der Waals surface area contributed by atoms with Crippen LogP contribution >= 0.6 is 0 Å². The van der Waals surface area contributed by atoms with Gasteiger partial charge in [0.2, 0.25) is 0 Å². The van der Waals surface area contributed by atoms with E-state index in [9.17, 15) is 18.0 Å². The number of pyridine rings is 1. The predicted molar refractivity (Wildman–Crippen MR) is 52.3 cm³/mol. The van der Waals surface area contributed by atoms with Gasteiger partial charge >= 0.3 is 12.3 Å². The Kier molecular flexibility index (Phi) is 3.96. The van der Waals surface area contributed by atoms with Crippen LogP contribution in [0.2, 0.25) is 0 Å². The molecule has 0 atom stereocenters. The van der Waals surface area contributed by atoms with E-state index in [2.05, 4.69) is 9.72 Å². The normalized spacial score (nSPS) is 11.2. The highest BCUT2D eigenvalue weighted by Gasteiger charge is 2.34. The number of aromatic nitrogens is 1. The summed E-state index contributed by atoms with van der Waals surface area (Å²) < 4.78 is 44.6. The van der Waals surface area contributed by atoms with Gasteiger partial charge in [-0.2, -0.15) is 0 Å². The Morgan fingerprint density at radius 2 is 2.11 bits per heavy atom. The lowest BCUT2D eigenvalue weighted by Crippen LogP contribution is -2.20. The molecule has 0 radical (unpaired) electrons. The van der Waals surface area contributed by atoms with E-state index in [1.807, 2.05) is 0 Å². The number of carboxylic acids is 1. The summed E-state index contributed by atoms with van der Waals surface area (Å²) in [6.45, 7) is -0.185. The van der Waals surface area contributed by atoms with Crippen LogP contribution in [0.5, 0.6) is 11.5 Å². The van der Waals surface area contributed by atoms with Gasteiger partial charge in [0.1, 0.15) is 5.75 Å². The maximum atomic E-state index is 12.1. The van der Waals surface area contributed by atoms with E-state index < -0.39 is 23.8 Å². The number of carbonyl (C=O) groups is 1. The number of carboxylic acid groups (broad SMARTS) is 1. The maximum Gasteiger partial charge on any atom is 0.573 e. The number of alkyl halides is 3. The Hall–Kier alpha value is -2.03. The Morgan fingerprint density at radius 1 is 1.50 bits per heavy atom. The van der Waals surface area contributed by atoms with Gasteiger partial charge in [0.05, 0.1) is 12.8 Å². The fraction of sp³-hybridized carbons (Fsp3) is 0.333. The molecule has 1 rings (SSSR count). The molecule has 0 aromatic carbocycles. The number of hydrogen-bond donors (Lipinski definition) is 2. The quantitative estimate of drug-likeness (QED) is 0.848. The number of rotatable bonds is 4. The van der Waals surface area contributed by atoms with E-state index >= 15 is 0 Å². The molecule has 0 saturated carbocycles. The number of halogens is 3. The van der Waals surface area contributed by atoms with Crippen LogP contribution in [-0.4, -0.2) is 29.5 Å². The van der Waals surface area contributed by atoms with E-state index in [-0.39, 0.29) is 18.0 Å². The van der Waals surface area contributed by atoms with Crippen LogP contribution in [0.3, 0.4) is 0 Å². The number of ether oxygens (including phenoxy) is 2. The van der Waals surface area contributed by atoms with Gasteiger partial charge in [0, 0.05) is 12.6 Å². The second-order valence-corrected chi connectivity index (χ2v) is 3.04. The van der Waals surface area contributed by atoms with E-state index in [1.165, 1.54) is 7.11 Å². The van der Waals surface area contributed by atoms with Crippen molar-refractivity contribution in [3.8, 4) is 11.5 Å². The van der Waals surface area contributed by atoms with Gasteiger partial charge in [0.25, 0.3) is 0 Å². The van der Waals surface area contributed by atoms with Gasteiger partial charge in [-0.05, 0) is 0 Å². The summed E-state index contributed by atoms with van der Waals surface area (Å²) in [6.07, 6.45) is -5.03. The highest BCUT2D eigenvalue weighted by molar-refractivity contribution is 5.89. The molecule has 6 nitrogen and oxygen atoms in total. The minimum Gasteiger partial charge on any atom is -0.495 e. The molecular formula is C9H9F3N2O4. The van der Waals surface area contributed by atoms with Crippen molar-refractivity contribution in [2.24, 2.45) is 5.73 Å². The molecule has 0 spiro atoms. The Bertz CT molecular complexity index is 462. The zero-order valence-corrected chi connectivity index (χ0v) is 9.11. The second kappa shape index (κ2) is 5.08. The summed E-state index contributed by atoms with van der Waals surface area (Å²) in [6, 6.07) is 0.784. The number of nitrogens with zero attached hydrogens (tertiary/aromatic N) is 1. The molecular weight excluding hydrogens is 257 g/mol.